The standard InChI is InChI=1S/C13H18O3/c1-9(2)6-7-16-11-4-5-12(13(14)15)10(3)8-11/h4-5,8-9H,6-7H2,1-3H3,(H,14,15). The van der Waals surface area contributed by atoms with Gasteiger partial charge in [-0.3, -0.25) is 0 Å². The lowest BCUT2D eigenvalue weighted by Gasteiger charge is -2.09. The lowest BCUT2D eigenvalue weighted by molar-refractivity contribution is 0.0696. The molecule has 1 aromatic carbocycles. The van der Waals surface area contributed by atoms with Crippen molar-refractivity contribution in [3.8, 4) is 5.75 Å². The SMILES string of the molecule is Cc1cc(OCCC(C)C)ccc1C(=O)O. The van der Waals surface area contributed by atoms with Crippen LogP contribution in [0.15, 0.2) is 18.2 Å². The predicted molar refractivity (Wildman–Crippen MR) is 63.1 cm³/mol. The average Bonchev–Trinajstić information content (AvgIpc) is 2.16. The van der Waals surface area contributed by atoms with Gasteiger partial charge in [-0.05, 0) is 43.0 Å². The van der Waals surface area contributed by atoms with E-state index in [2.05, 4.69) is 13.8 Å². The first-order chi connectivity index (χ1) is 7.50. The highest BCUT2D eigenvalue weighted by molar-refractivity contribution is 5.89. The third-order valence-electron chi connectivity index (χ3n) is 2.39. The Hall–Kier alpha value is -1.51. The van der Waals surface area contributed by atoms with Crippen molar-refractivity contribution in [1.29, 1.82) is 0 Å². The summed E-state index contributed by atoms with van der Waals surface area (Å²) in [6.07, 6.45) is 1.000. The van der Waals surface area contributed by atoms with Gasteiger partial charge in [0.1, 0.15) is 5.75 Å². The van der Waals surface area contributed by atoms with Gasteiger partial charge in [0, 0.05) is 0 Å². The molecule has 1 aromatic rings. The van der Waals surface area contributed by atoms with Crippen LogP contribution in [0.5, 0.6) is 5.75 Å². The Morgan fingerprint density at radius 1 is 1.44 bits per heavy atom. The maximum Gasteiger partial charge on any atom is 0.335 e. The van der Waals surface area contributed by atoms with E-state index in [1.165, 1.54) is 0 Å². The Labute approximate surface area is 96.1 Å². The average molecular weight is 222 g/mol. The molecule has 0 atom stereocenters. The molecule has 88 valence electrons. The second-order valence-corrected chi connectivity index (χ2v) is 4.31. The number of aromatic carboxylic acids is 1. The maximum atomic E-state index is 10.8. The van der Waals surface area contributed by atoms with Crippen molar-refractivity contribution >= 4 is 5.97 Å². The van der Waals surface area contributed by atoms with E-state index in [0.717, 1.165) is 17.7 Å². The molecular weight excluding hydrogens is 204 g/mol. The summed E-state index contributed by atoms with van der Waals surface area (Å²) < 4.78 is 5.54. The van der Waals surface area contributed by atoms with E-state index in [1.54, 1.807) is 25.1 Å². The molecule has 16 heavy (non-hydrogen) atoms. The van der Waals surface area contributed by atoms with Gasteiger partial charge in [0.05, 0.1) is 12.2 Å². The van der Waals surface area contributed by atoms with E-state index in [9.17, 15) is 4.79 Å². The molecule has 0 saturated carbocycles. The third-order valence-corrected chi connectivity index (χ3v) is 2.39. The van der Waals surface area contributed by atoms with Crippen LogP contribution in [-0.2, 0) is 0 Å². The molecule has 0 spiro atoms. The molecule has 1 rings (SSSR count). The van der Waals surface area contributed by atoms with E-state index >= 15 is 0 Å². The van der Waals surface area contributed by atoms with Gasteiger partial charge in [-0.1, -0.05) is 13.8 Å². The molecule has 1 N–H and O–H groups in total. The van der Waals surface area contributed by atoms with Crippen molar-refractivity contribution < 1.29 is 14.6 Å². The van der Waals surface area contributed by atoms with E-state index < -0.39 is 5.97 Å². The molecule has 0 radical (unpaired) electrons. The number of hydrogen-bond donors (Lipinski definition) is 1. The minimum absolute atomic E-state index is 0.330. The Morgan fingerprint density at radius 3 is 2.62 bits per heavy atom. The van der Waals surface area contributed by atoms with Gasteiger partial charge >= 0.3 is 5.97 Å². The molecule has 0 heterocycles. The molecule has 0 aliphatic heterocycles. The number of benzene rings is 1. The van der Waals surface area contributed by atoms with Gasteiger partial charge in [-0.25, -0.2) is 4.79 Å². The van der Waals surface area contributed by atoms with Crippen molar-refractivity contribution in [3.63, 3.8) is 0 Å². The summed E-state index contributed by atoms with van der Waals surface area (Å²) in [7, 11) is 0. The monoisotopic (exact) mass is 222 g/mol. The molecule has 0 aliphatic carbocycles. The fourth-order valence-corrected chi connectivity index (χ4v) is 1.38. The van der Waals surface area contributed by atoms with Crippen molar-refractivity contribution in [1.82, 2.24) is 0 Å². The van der Waals surface area contributed by atoms with Crippen LogP contribution in [0.2, 0.25) is 0 Å². The van der Waals surface area contributed by atoms with Crippen LogP contribution in [0, 0.1) is 12.8 Å². The molecule has 0 fully saturated rings. The molecule has 0 saturated heterocycles. The van der Waals surface area contributed by atoms with Crippen LogP contribution in [-0.4, -0.2) is 17.7 Å². The summed E-state index contributed by atoms with van der Waals surface area (Å²) in [4.78, 5) is 10.8. The van der Waals surface area contributed by atoms with Crippen LogP contribution in [0.3, 0.4) is 0 Å². The summed E-state index contributed by atoms with van der Waals surface area (Å²) in [5, 5.41) is 8.86. The Morgan fingerprint density at radius 2 is 2.12 bits per heavy atom. The van der Waals surface area contributed by atoms with Gasteiger partial charge in [0.15, 0.2) is 0 Å². The second kappa shape index (κ2) is 5.54. The van der Waals surface area contributed by atoms with Crippen molar-refractivity contribution in [2.45, 2.75) is 27.2 Å². The summed E-state index contributed by atoms with van der Waals surface area (Å²) in [6, 6.07) is 5.06. The number of carbonyl (C=O) groups is 1. The zero-order valence-electron chi connectivity index (χ0n) is 9.99. The van der Waals surface area contributed by atoms with Crippen LogP contribution in [0.1, 0.15) is 36.2 Å². The molecule has 0 amide bonds. The van der Waals surface area contributed by atoms with Gasteiger partial charge in [0.25, 0.3) is 0 Å². The highest BCUT2D eigenvalue weighted by Crippen LogP contribution is 2.17. The molecular formula is C13H18O3. The lowest BCUT2D eigenvalue weighted by atomic mass is 10.1. The molecule has 0 aromatic heterocycles. The summed E-state index contributed by atoms with van der Waals surface area (Å²) in [5.41, 5.74) is 1.06. The van der Waals surface area contributed by atoms with Gasteiger partial charge in [0.2, 0.25) is 0 Å². The van der Waals surface area contributed by atoms with Crippen molar-refractivity contribution in [2.24, 2.45) is 5.92 Å². The van der Waals surface area contributed by atoms with E-state index in [4.69, 9.17) is 9.84 Å². The largest absolute Gasteiger partial charge is 0.494 e. The quantitative estimate of drug-likeness (QED) is 0.832. The topological polar surface area (TPSA) is 46.5 Å². The first-order valence-electron chi connectivity index (χ1n) is 5.47. The first kappa shape index (κ1) is 12.6. The number of carboxylic acids is 1. The van der Waals surface area contributed by atoms with Crippen LogP contribution < -0.4 is 4.74 Å². The van der Waals surface area contributed by atoms with Crippen LogP contribution in [0.25, 0.3) is 0 Å². The molecule has 0 bridgehead atoms. The highest BCUT2D eigenvalue weighted by atomic mass is 16.5. The van der Waals surface area contributed by atoms with Crippen LogP contribution in [0.4, 0.5) is 0 Å². The van der Waals surface area contributed by atoms with Crippen LogP contribution >= 0.6 is 0 Å². The smallest absolute Gasteiger partial charge is 0.335 e. The minimum atomic E-state index is -0.897. The minimum Gasteiger partial charge on any atom is -0.494 e. The zero-order chi connectivity index (χ0) is 12.1. The zero-order valence-corrected chi connectivity index (χ0v) is 9.99. The van der Waals surface area contributed by atoms with E-state index in [1.807, 2.05) is 0 Å². The van der Waals surface area contributed by atoms with Crippen molar-refractivity contribution in [2.75, 3.05) is 6.61 Å². The number of ether oxygens (including phenoxy) is 1. The molecule has 3 heteroatoms. The molecule has 3 nitrogen and oxygen atoms in total. The number of rotatable bonds is 5. The van der Waals surface area contributed by atoms with Crippen molar-refractivity contribution in [3.05, 3.63) is 29.3 Å². The predicted octanol–water partition coefficient (Wildman–Crippen LogP) is 3.12. The summed E-state index contributed by atoms with van der Waals surface area (Å²) in [6.45, 7) is 6.73. The fraction of sp³-hybridized carbons (Fsp3) is 0.462. The number of aryl methyl sites for hydroxylation is 1. The fourth-order valence-electron chi connectivity index (χ4n) is 1.38. The van der Waals surface area contributed by atoms with Gasteiger partial charge in [-0.15, -0.1) is 0 Å². The van der Waals surface area contributed by atoms with E-state index in [0.29, 0.717) is 18.1 Å². The highest BCUT2D eigenvalue weighted by Gasteiger charge is 2.07. The Balaban J connectivity index is 2.63. The summed E-state index contributed by atoms with van der Waals surface area (Å²) >= 11 is 0. The molecule has 0 aliphatic rings. The number of carboxylic acid groups (broad SMARTS) is 1. The Bertz CT molecular complexity index is 369. The second-order valence-electron chi connectivity index (χ2n) is 4.31. The van der Waals surface area contributed by atoms with Gasteiger partial charge < -0.3 is 9.84 Å². The molecule has 0 unspecified atom stereocenters. The van der Waals surface area contributed by atoms with Gasteiger partial charge in [-0.2, -0.15) is 0 Å². The van der Waals surface area contributed by atoms with E-state index in [-0.39, 0.29) is 0 Å². The third kappa shape index (κ3) is 3.57. The first-order valence-corrected chi connectivity index (χ1v) is 5.47. The number of hydrogen-bond acceptors (Lipinski definition) is 2. The lowest BCUT2D eigenvalue weighted by Crippen LogP contribution is -2.03. The normalized spacial score (nSPS) is 10.5. The Kier molecular flexibility index (Phi) is 4.35. The maximum absolute atomic E-state index is 10.8. The summed E-state index contributed by atoms with van der Waals surface area (Å²) in [5.74, 6) is 0.453.